The molecule has 1 N–H and O–H groups in total. The van der Waals surface area contributed by atoms with Crippen LogP contribution in [0.2, 0.25) is 10.0 Å². The summed E-state index contributed by atoms with van der Waals surface area (Å²) in [6, 6.07) is 5.38. The second-order valence-corrected chi connectivity index (χ2v) is 6.49. The minimum absolute atomic E-state index is 0.0333. The van der Waals surface area contributed by atoms with E-state index in [9.17, 15) is 0 Å². The van der Waals surface area contributed by atoms with Crippen molar-refractivity contribution >= 4 is 39.9 Å². The molecule has 0 saturated heterocycles. The van der Waals surface area contributed by atoms with Crippen molar-refractivity contribution in [2.45, 2.75) is 26.3 Å². The lowest BCUT2D eigenvalue weighted by Crippen LogP contribution is -2.25. The van der Waals surface area contributed by atoms with Crippen LogP contribution in [0.3, 0.4) is 0 Å². The number of hydrogen-bond acceptors (Lipinski definition) is 4. The maximum atomic E-state index is 5.98. The first-order valence-corrected chi connectivity index (χ1v) is 6.95. The average molecular weight is 302 g/mol. The summed E-state index contributed by atoms with van der Waals surface area (Å²) in [5.41, 5.74) is 0.830. The lowest BCUT2D eigenvalue weighted by molar-refractivity contribution is 0.633. The lowest BCUT2D eigenvalue weighted by Gasteiger charge is -2.18. The lowest BCUT2D eigenvalue weighted by atomic mass is 10.1. The number of nitrogens with one attached hydrogen (secondary N) is 1. The van der Waals surface area contributed by atoms with Crippen molar-refractivity contribution in [3.63, 3.8) is 0 Å². The van der Waals surface area contributed by atoms with Gasteiger partial charge in [-0.25, -0.2) is 0 Å². The summed E-state index contributed by atoms with van der Waals surface area (Å²) in [5, 5.41) is 5.12. The minimum atomic E-state index is -0.0333. The standard InChI is InChI=1S/C12H13Cl2N3S/c1-12(2,3)16-11-15-10(17-18-11)7-4-5-8(13)9(14)6-7/h4-6H,1-3H3,(H,15,16,17). The van der Waals surface area contributed by atoms with Crippen LogP contribution in [0, 0.1) is 0 Å². The molecule has 3 nitrogen and oxygen atoms in total. The van der Waals surface area contributed by atoms with Crippen molar-refractivity contribution in [2.75, 3.05) is 5.32 Å². The molecule has 0 amide bonds. The molecule has 96 valence electrons. The van der Waals surface area contributed by atoms with Gasteiger partial charge < -0.3 is 5.32 Å². The SMILES string of the molecule is CC(C)(C)Nc1nc(-c2ccc(Cl)c(Cl)c2)ns1. The van der Waals surface area contributed by atoms with Crippen LogP contribution in [0.4, 0.5) is 5.13 Å². The topological polar surface area (TPSA) is 37.8 Å². The first kappa shape index (κ1) is 13.6. The summed E-state index contributed by atoms with van der Waals surface area (Å²) in [5.74, 6) is 0.658. The number of anilines is 1. The van der Waals surface area contributed by atoms with Gasteiger partial charge >= 0.3 is 0 Å². The molecule has 1 heterocycles. The molecule has 6 heteroatoms. The Bertz CT molecular complexity index is 561. The molecule has 0 aliphatic rings. The molecule has 2 rings (SSSR count). The predicted octanol–water partition coefficient (Wildman–Crippen LogP) is 4.72. The first-order chi connectivity index (χ1) is 8.35. The van der Waals surface area contributed by atoms with Crippen LogP contribution in [0.25, 0.3) is 11.4 Å². The Morgan fingerprint density at radius 2 is 1.89 bits per heavy atom. The van der Waals surface area contributed by atoms with Crippen LogP contribution in [-0.2, 0) is 0 Å². The van der Waals surface area contributed by atoms with Crippen molar-refractivity contribution in [3.8, 4) is 11.4 Å². The van der Waals surface area contributed by atoms with Gasteiger partial charge in [-0.1, -0.05) is 23.2 Å². The van der Waals surface area contributed by atoms with E-state index in [1.807, 2.05) is 6.07 Å². The van der Waals surface area contributed by atoms with Crippen LogP contribution in [-0.4, -0.2) is 14.9 Å². The molecular formula is C12H13Cl2N3S. The van der Waals surface area contributed by atoms with E-state index in [1.165, 1.54) is 11.5 Å². The summed E-state index contributed by atoms with van der Waals surface area (Å²) in [4.78, 5) is 4.43. The third-order valence-electron chi connectivity index (χ3n) is 2.09. The smallest absolute Gasteiger partial charge is 0.203 e. The van der Waals surface area contributed by atoms with E-state index in [1.54, 1.807) is 12.1 Å². The zero-order chi connectivity index (χ0) is 13.3. The van der Waals surface area contributed by atoms with Crippen molar-refractivity contribution in [3.05, 3.63) is 28.2 Å². The molecule has 18 heavy (non-hydrogen) atoms. The quantitative estimate of drug-likeness (QED) is 0.872. The molecule has 0 spiro atoms. The van der Waals surface area contributed by atoms with E-state index in [0.29, 0.717) is 15.9 Å². The Morgan fingerprint density at radius 3 is 2.50 bits per heavy atom. The summed E-state index contributed by atoms with van der Waals surface area (Å²) < 4.78 is 4.31. The van der Waals surface area contributed by atoms with Crippen molar-refractivity contribution < 1.29 is 0 Å². The van der Waals surface area contributed by atoms with Crippen LogP contribution in [0.15, 0.2) is 18.2 Å². The fourth-order valence-corrected chi connectivity index (χ4v) is 2.44. The predicted molar refractivity (Wildman–Crippen MR) is 78.7 cm³/mol. The summed E-state index contributed by atoms with van der Waals surface area (Å²) >= 11 is 13.2. The monoisotopic (exact) mass is 301 g/mol. The Balaban J connectivity index is 2.26. The number of hydrogen-bond donors (Lipinski definition) is 1. The van der Waals surface area contributed by atoms with Gasteiger partial charge in [-0.15, -0.1) is 0 Å². The molecule has 0 aliphatic heterocycles. The highest BCUT2D eigenvalue weighted by Gasteiger charge is 2.14. The number of benzene rings is 1. The van der Waals surface area contributed by atoms with E-state index >= 15 is 0 Å². The van der Waals surface area contributed by atoms with Gasteiger partial charge in [-0.05, 0) is 39.0 Å². The average Bonchev–Trinajstić information content (AvgIpc) is 2.68. The Kier molecular flexibility index (Phi) is 3.80. The Labute approximate surface area is 120 Å². The van der Waals surface area contributed by atoms with Crippen LogP contribution < -0.4 is 5.32 Å². The molecule has 1 aromatic carbocycles. The molecule has 0 aliphatic carbocycles. The van der Waals surface area contributed by atoms with Crippen LogP contribution >= 0.6 is 34.7 Å². The third-order valence-corrected chi connectivity index (χ3v) is 3.46. The number of rotatable bonds is 2. The van der Waals surface area contributed by atoms with Gasteiger partial charge in [0.05, 0.1) is 10.0 Å². The summed E-state index contributed by atoms with van der Waals surface area (Å²) in [7, 11) is 0. The number of nitrogens with zero attached hydrogens (tertiary/aromatic N) is 2. The minimum Gasteiger partial charge on any atom is -0.356 e. The van der Waals surface area contributed by atoms with E-state index in [0.717, 1.165) is 10.7 Å². The van der Waals surface area contributed by atoms with Crippen molar-refractivity contribution in [1.82, 2.24) is 9.36 Å². The molecule has 0 atom stereocenters. The summed E-state index contributed by atoms with van der Waals surface area (Å²) in [6.45, 7) is 6.23. The Hall–Kier alpha value is -0.840. The second-order valence-electron chi connectivity index (χ2n) is 4.93. The van der Waals surface area contributed by atoms with Gasteiger partial charge in [0.15, 0.2) is 5.82 Å². The van der Waals surface area contributed by atoms with Gasteiger partial charge in [-0.2, -0.15) is 9.36 Å². The fourth-order valence-electron chi connectivity index (χ4n) is 1.35. The molecule has 1 aromatic heterocycles. The molecule has 0 bridgehead atoms. The van der Waals surface area contributed by atoms with E-state index in [4.69, 9.17) is 23.2 Å². The normalized spacial score (nSPS) is 11.6. The summed E-state index contributed by atoms with van der Waals surface area (Å²) in [6.07, 6.45) is 0. The maximum Gasteiger partial charge on any atom is 0.203 e. The zero-order valence-electron chi connectivity index (χ0n) is 10.3. The first-order valence-electron chi connectivity index (χ1n) is 5.42. The highest BCUT2D eigenvalue weighted by Crippen LogP contribution is 2.29. The Morgan fingerprint density at radius 1 is 1.17 bits per heavy atom. The van der Waals surface area contributed by atoms with Gasteiger partial charge in [-0.3, -0.25) is 0 Å². The number of aromatic nitrogens is 2. The van der Waals surface area contributed by atoms with Gasteiger partial charge in [0.2, 0.25) is 5.13 Å². The molecule has 0 fully saturated rings. The van der Waals surface area contributed by atoms with Gasteiger partial charge in [0, 0.05) is 22.6 Å². The maximum absolute atomic E-state index is 5.98. The van der Waals surface area contributed by atoms with Crippen molar-refractivity contribution in [2.24, 2.45) is 0 Å². The fraction of sp³-hybridized carbons (Fsp3) is 0.333. The highest BCUT2D eigenvalue weighted by molar-refractivity contribution is 7.09. The van der Waals surface area contributed by atoms with E-state index in [2.05, 4.69) is 35.4 Å². The molecule has 2 aromatic rings. The largest absolute Gasteiger partial charge is 0.356 e. The van der Waals surface area contributed by atoms with Gasteiger partial charge in [0.1, 0.15) is 0 Å². The van der Waals surface area contributed by atoms with Crippen LogP contribution in [0.5, 0.6) is 0 Å². The zero-order valence-corrected chi connectivity index (χ0v) is 12.6. The molecule has 0 saturated carbocycles. The van der Waals surface area contributed by atoms with Gasteiger partial charge in [0.25, 0.3) is 0 Å². The second kappa shape index (κ2) is 5.03. The van der Waals surface area contributed by atoms with E-state index < -0.39 is 0 Å². The van der Waals surface area contributed by atoms with E-state index in [-0.39, 0.29) is 5.54 Å². The number of halogens is 2. The van der Waals surface area contributed by atoms with Crippen LogP contribution in [0.1, 0.15) is 20.8 Å². The molecule has 0 unspecified atom stereocenters. The molecule has 0 radical (unpaired) electrons. The molecular weight excluding hydrogens is 289 g/mol. The highest BCUT2D eigenvalue weighted by atomic mass is 35.5. The van der Waals surface area contributed by atoms with Crippen molar-refractivity contribution in [1.29, 1.82) is 0 Å². The third kappa shape index (κ3) is 3.34.